The molecule has 1 atom stereocenters. The molecule has 1 aromatic carbocycles. The van der Waals surface area contributed by atoms with Gasteiger partial charge in [0.2, 0.25) is 15.9 Å². The summed E-state index contributed by atoms with van der Waals surface area (Å²) in [6.07, 6.45) is 0.867. The van der Waals surface area contributed by atoms with Gasteiger partial charge in [0, 0.05) is 25.7 Å². The molecule has 10 heteroatoms. The summed E-state index contributed by atoms with van der Waals surface area (Å²) in [5, 5.41) is 3.18. The van der Waals surface area contributed by atoms with E-state index in [9.17, 15) is 13.2 Å². The second kappa shape index (κ2) is 10.7. The Morgan fingerprint density at radius 2 is 1.93 bits per heavy atom. The van der Waals surface area contributed by atoms with Crippen LogP contribution in [0.3, 0.4) is 0 Å². The maximum absolute atomic E-state index is 12.5. The lowest BCUT2D eigenvalue weighted by atomic mass is 10.2. The molecule has 2 N–H and O–H groups in total. The topological polar surface area (TPSA) is 97.0 Å². The molecule has 1 aromatic rings. The van der Waals surface area contributed by atoms with Gasteiger partial charge in [-0.3, -0.25) is 4.79 Å². The average Bonchev–Trinajstić information content (AvgIpc) is 3.15. The highest BCUT2D eigenvalue weighted by Gasteiger charge is 2.25. The minimum absolute atomic E-state index is 0. The highest BCUT2D eigenvalue weighted by Crippen LogP contribution is 2.30. The van der Waals surface area contributed by atoms with E-state index in [0.29, 0.717) is 24.7 Å². The molecule has 1 heterocycles. The van der Waals surface area contributed by atoms with Crippen LogP contribution in [0.25, 0.3) is 0 Å². The molecule has 0 saturated carbocycles. The molecule has 1 unspecified atom stereocenters. The van der Waals surface area contributed by atoms with Gasteiger partial charge in [-0.15, -0.1) is 12.4 Å². The smallest absolute Gasteiger partial charge is 0.241 e. The van der Waals surface area contributed by atoms with Crippen molar-refractivity contribution in [2.75, 3.05) is 39.9 Å². The Morgan fingerprint density at radius 3 is 2.52 bits per heavy atom. The number of ether oxygens (including phenoxy) is 2. The normalized spacial score (nSPS) is 16.5. The monoisotopic (exact) mass is 421 g/mol. The van der Waals surface area contributed by atoms with Crippen LogP contribution in [-0.2, 0) is 14.8 Å². The van der Waals surface area contributed by atoms with Crippen LogP contribution in [0, 0.1) is 0 Å². The average molecular weight is 422 g/mol. The lowest BCUT2D eigenvalue weighted by Gasteiger charge is -2.23. The molecular formula is C17H28ClN3O5S. The summed E-state index contributed by atoms with van der Waals surface area (Å²) in [7, 11) is -2.14. The highest BCUT2D eigenvalue weighted by atomic mass is 35.5. The number of carbonyl (C=O) groups is 1. The number of halogens is 1. The Morgan fingerprint density at radius 1 is 1.26 bits per heavy atom. The van der Waals surface area contributed by atoms with Crippen LogP contribution in [0.4, 0.5) is 0 Å². The number of nitrogens with zero attached hydrogens (tertiary/aromatic N) is 1. The maximum Gasteiger partial charge on any atom is 0.241 e. The minimum Gasteiger partial charge on any atom is -0.490 e. The molecule has 8 nitrogen and oxygen atoms in total. The summed E-state index contributed by atoms with van der Waals surface area (Å²) >= 11 is 0. The van der Waals surface area contributed by atoms with E-state index < -0.39 is 10.0 Å². The molecule has 0 aromatic heterocycles. The van der Waals surface area contributed by atoms with Gasteiger partial charge >= 0.3 is 0 Å². The van der Waals surface area contributed by atoms with E-state index in [0.717, 1.165) is 19.5 Å². The van der Waals surface area contributed by atoms with Crippen molar-refractivity contribution in [3.63, 3.8) is 0 Å². The molecule has 0 spiro atoms. The maximum atomic E-state index is 12.5. The number of carbonyl (C=O) groups excluding carboxylic acids is 1. The molecule has 27 heavy (non-hydrogen) atoms. The first-order chi connectivity index (χ1) is 12.4. The van der Waals surface area contributed by atoms with E-state index in [4.69, 9.17) is 9.47 Å². The van der Waals surface area contributed by atoms with Crippen molar-refractivity contribution in [2.24, 2.45) is 0 Å². The van der Waals surface area contributed by atoms with Gasteiger partial charge in [-0.05, 0) is 38.9 Å². The number of likely N-dealkylation sites (N-methyl/N-ethyl adjacent to an activating group) is 1. The third-order valence-electron chi connectivity index (χ3n) is 4.21. The largest absolute Gasteiger partial charge is 0.490 e. The fraction of sp³-hybridized carbons (Fsp3) is 0.588. The van der Waals surface area contributed by atoms with E-state index in [2.05, 4.69) is 10.0 Å². The van der Waals surface area contributed by atoms with Crippen molar-refractivity contribution in [1.29, 1.82) is 0 Å². The minimum atomic E-state index is -3.83. The quantitative estimate of drug-likeness (QED) is 0.617. The van der Waals surface area contributed by atoms with Crippen LogP contribution >= 0.6 is 12.4 Å². The number of amides is 1. The van der Waals surface area contributed by atoms with Crippen LogP contribution in [0.2, 0.25) is 0 Å². The van der Waals surface area contributed by atoms with Gasteiger partial charge in [0.15, 0.2) is 11.5 Å². The lowest BCUT2D eigenvalue weighted by molar-refractivity contribution is -0.130. The highest BCUT2D eigenvalue weighted by molar-refractivity contribution is 7.89. The van der Waals surface area contributed by atoms with Crippen molar-refractivity contribution < 1.29 is 22.7 Å². The predicted molar refractivity (Wildman–Crippen MR) is 105 cm³/mol. The SMILES string of the molecule is CCOc1ccc(S(=O)(=O)NCC(=O)N(C)C2CCNC2)cc1OCC.Cl. The Balaban J connectivity index is 0.00000364. The van der Waals surface area contributed by atoms with Crippen molar-refractivity contribution in [3.8, 4) is 11.5 Å². The van der Waals surface area contributed by atoms with E-state index >= 15 is 0 Å². The number of hydrogen-bond acceptors (Lipinski definition) is 6. The summed E-state index contributed by atoms with van der Waals surface area (Å²) in [5.41, 5.74) is 0. The van der Waals surface area contributed by atoms with Gasteiger partial charge in [-0.1, -0.05) is 0 Å². The van der Waals surface area contributed by atoms with E-state index in [1.807, 2.05) is 13.8 Å². The third kappa shape index (κ3) is 6.24. The molecule has 1 amide bonds. The molecule has 1 saturated heterocycles. The van der Waals surface area contributed by atoms with Gasteiger partial charge in [0.1, 0.15) is 0 Å². The van der Waals surface area contributed by atoms with E-state index in [1.54, 1.807) is 18.0 Å². The Labute approximate surface area is 167 Å². The molecule has 0 radical (unpaired) electrons. The molecule has 1 aliphatic rings. The Kier molecular flexibility index (Phi) is 9.31. The first kappa shape index (κ1) is 23.5. The van der Waals surface area contributed by atoms with E-state index in [1.165, 1.54) is 12.1 Å². The van der Waals surface area contributed by atoms with Crippen molar-refractivity contribution in [1.82, 2.24) is 14.9 Å². The van der Waals surface area contributed by atoms with Gasteiger partial charge in [0.05, 0.1) is 24.7 Å². The lowest BCUT2D eigenvalue weighted by Crippen LogP contribution is -2.44. The van der Waals surface area contributed by atoms with Gasteiger partial charge < -0.3 is 19.7 Å². The molecule has 1 aliphatic heterocycles. The number of benzene rings is 1. The molecule has 0 bridgehead atoms. The first-order valence-corrected chi connectivity index (χ1v) is 10.2. The van der Waals surface area contributed by atoms with E-state index in [-0.39, 0.29) is 35.8 Å². The van der Waals surface area contributed by atoms with Gasteiger partial charge in [-0.25, -0.2) is 13.1 Å². The standard InChI is InChI=1S/C17H27N3O5S.ClH/c1-4-24-15-7-6-14(10-16(15)25-5-2)26(22,23)19-12-17(21)20(3)13-8-9-18-11-13;/h6-7,10,13,18-19H,4-5,8-9,11-12H2,1-3H3;1H. The zero-order valence-electron chi connectivity index (χ0n) is 15.9. The van der Waals surface area contributed by atoms with Crippen molar-refractivity contribution in [2.45, 2.75) is 31.2 Å². The van der Waals surface area contributed by atoms with Gasteiger partial charge in [-0.2, -0.15) is 0 Å². The molecular weight excluding hydrogens is 394 g/mol. The third-order valence-corrected chi connectivity index (χ3v) is 5.61. The Bertz CT molecular complexity index is 723. The number of sulfonamides is 1. The fourth-order valence-corrected chi connectivity index (χ4v) is 3.73. The fourth-order valence-electron chi connectivity index (χ4n) is 2.74. The molecule has 154 valence electrons. The van der Waals surface area contributed by atoms with Crippen LogP contribution in [-0.4, -0.2) is 65.2 Å². The summed E-state index contributed by atoms with van der Waals surface area (Å²) in [4.78, 5) is 13.9. The van der Waals surface area contributed by atoms with Crippen molar-refractivity contribution >= 4 is 28.3 Å². The predicted octanol–water partition coefficient (Wildman–Crippen LogP) is 1.00. The van der Waals surface area contributed by atoms with Crippen LogP contribution < -0.4 is 19.5 Å². The zero-order valence-corrected chi connectivity index (χ0v) is 17.5. The summed E-state index contributed by atoms with van der Waals surface area (Å²) in [6.45, 7) is 5.78. The van der Waals surface area contributed by atoms with Gasteiger partial charge in [0.25, 0.3) is 0 Å². The van der Waals surface area contributed by atoms with Crippen LogP contribution in [0.1, 0.15) is 20.3 Å². The Hall–Kier alpha value is -1.55. The second-order valence-electron chi connectivity index (χ2n) is 5.95. The van der Waals surface area contributed by atoms with Crippen molar-refractivity contribution in [3.05, 3.63) is 18.2 Å². The second-order valence-corrected chi connectivity index (χ2v) is 7.72. The molecule has 1 fully saturated rings. The number of nitrogens with one attached hydrogen (secondary N) is 2. The van der Waals surface area contributed by atoms with Crippen LogP contribution in [0.5, 0.6) is 11.5 Å². The zero-order chi connectivity index (χ0) is 19.2. The van der Waals surface area contributed by atoms with Crippen LogP contribution in [0.15, 0.2) is 23.1 Å². The summed E-state index contributed by atoms with van der Waals surface area (Å²) in [6, 6.07) is 4.50. The first-order valence-electron chi connectivity index (χ1n) is 8.74. The summed E-state index contributed by atoms with van der Waals surface area (Å²) < 4.78 is 38.3. The molecule has 0 aliphatic carbocycles. The number of rotatable bonds is 9. The summed E-state index contributed by atoms with van der Waals surface area (Å²) in [5.74, 6) is 0.578. The molecule has 2 rings (SSSR count). The number of hydrogen-bond donors (Lipinski definition) is 2.